The molecule has 0 saturated carbocycles. The fourth-order valence-corrected chi connectivity index (χ4v) is 2.97. The van der Waals surface area contributed by atoms with Gasteiger partial charge in [0.05, 0.1) is 5.52 Å². The molecule has 0 fully saturated rings. The Morgan fingerprint density at radius 2 is 1.90 bits per heavy atom. The van der Waals surface area contributed by atoms with Crippen LogP contribution in [-0.2, 0) is 0 Å². The van der Waals surface area contributed by atoms with Gasteiger partial charge < -0.3 is 9.40 Å². The molecular formula is C19H17NO. The van der Waals surface area contributed by atoms with Gasteiger partial charge in [-0.25, -0.2) is 0 Å². The van der Waals surface area contributed by atoms with E-state index in [0.717, 1.165) is 23.3 Å². The number of allylic oxidation sites excluding steroid dienone is 1. The monoisotopic (exact) mass is 275 g/mol. The van der Waals surface area contributed by atoms with E-state index in [1.165, 1.54) is 27.2 Å². The summed E-state index contributed by atoms with van der Waals surface area (Å²) in [6, 6.07) is 12.8. The lowest BCUT2D eigenvalue weighted by Crippen LogP contribution is -1.73. The third kappa shape index (κ3) is 1.79. The molecule has 0 spiro atoms. The Bertz CT molecular complexity index is 985. The molecule has 2 aromatic heterocycles. The maximum atomic E-state index is 6.00. The zero-order valence-corrected chi connectivity index (χ0v) is 12.2. The smallest absolute Gasteiger partial charge is 0.137 e. The second-order valence-electron chi connectivity index (χ2n) is 5.47. The number of aromatic nitrogens is 1. The molecule has 0 aliphatic carbocycles. The Hall–Kier alpha value is -2.48. The van der Waals surface area contributed by atoms with Crippen LogP contribution < -0.4 is 0 Å². The Balaban J connectivity index is 2.06. The summed E-state index contributed by atoms with van der Waals surface area (Å²) in [5.74, 6) is 0.962. The molecule has 4 aromatic rings. The van der Waals surface area contributed by atoms with Gasteiger partial charge in [-0.15, -0.1) is 0 Å². The summed E-state index contributed by atoms with van der Waals surface area (Å²) in [5, 5.41) is 3.72. The van der Waals surface area contributed by atoms with Crippen LogP contribution in [0.3, 0.4) is 0 Å². The lowest BCUT2D eigenvalue weighted by atomic mass is 10.1. The van der Waals surface area contributed by atoms with Crippen molar-refractivity contribution in [2.45, 2.75) is 20.3 Å². The number of hydrogen-bond acceptors (Lipinski definition) is 1. The molecular weight excluding hydrogens is 258 g/mol. The fraction of sp³-hybridized carbons (Fsp3) is 0.158. The van der Waals surface area contributed by atoms with Gasteiger partial charge in [0.2, 0.25) is 0 Å². The van der Waals surface area contributed by atoms with E-state index >= 15 is 0 Å². The van der Waals surface area contributed by atoms with Crippen LogP contribution in [0.5, 0.6) is 0 Å². The number of fused-ring (bicyclic) bond motifs is 4. The number of benzene rings is 2. The van der Waals surface area contributed by atoms with Crippen molar-refractivity contribution in [2.24, 2.45) is 0 Å². The second-order valence-corrected chi connectivity index (χ2v) is 5.47. The summed E-state index contributed by atoms with van der Waals surface area (Å²) in [6.07, 6.45) is 5.22. The van der Waals surface area contributed by atoms with Gasteiger partial charge >= 0.3 is 0 Å². The van der Waals surface area contributed by atoms with Gasteiger partial charge in [0.15, 0.2) is 0 Å². The highest BCUT2D eigenvalue weighted by atomic mass is 16.3. The van der Waals surface area contributed by atoms with Gasteiger partial charge in [-0.2, -0.15) is 0 Å². The molecule has 0 radical (unpaired) electrons. The maximum absolute atomic E-state index is 6.00. The minimum atomic E-state index is 0.947. The van der Waals surface area contributed by atoms with Crippen molar-refractivity contribution in [3.05, 3.63) is 53.8 Å². The second kappa shape index (κ2) is 4.52. The molecule has 0 bridgehead atoms. The summed E-state index contributed by atoms with van der Waals surface area (Å²) in [4.78, 5) is 3.46. The number of hydrogen-bond donors (Lipinski definition) is 1. The van der Waals surface area contributed by atoms with E-state index in [9.17, 15) is 0 Å². The Morgan fingerprint density at radius 1 is 1.05 bits per heavy atom. The van der Waals surface area contributed by atoms with Crippen LogP contribution in [0.25, 0.3) is 38.9 Å². The predicted octanol–water partition coefficient (Wildman–Crippen LogP) is 5.80. The summed E-state index contributed by atoms with van der Waals surface area (Å²) < 4.78 is 6.00. The fourth-order valence-electron chi connectivity index (χ4n) is 2.97. The zero-order valence-electron chi connectivity index (χ0n) is 12.2. The molecule has 4 rings (SSSR count). The van der Waals surface area contributed by atoms with Crippen molar-refractivity contribution >= 4 is 38.9 Å². The lowest BCUT2D eigenvalue weighted by Gasteiger charge is -1.93. The Labute approximate surface area is 123 Å². The van der Waals surface area contributed by atoms with Crippen molar-refractivity contribution in [2.75, 3.05) is 0 Å². The van der Waals surface area contributed by atoms with Crippen LogP contribution in [0.15, 0.2) is 46.9 Å². The Morgan fingerprint density at radius 3 is 2.76 bits per heavy atom. The summed E-state index contributed by atoms with van der Waals surface area (Å²) in [5.41, 5.74) is 4.46. The van der Waals surface area contributed by atoms with E-state index in [0.29, 0.717) is 0 Å². The molecule has 0 aliphatic heterocycles. The lowest BCUT2D eigenvalue weighted by molar-refractivity contribution is 0.601. The molecule has 0 atom stereocenters. The zero-order chi connectivity index (χ0) is 14.4. The summed E-state index contributed by atoms with van der Waals surface area (Å²) in [7, 11) is 0. The Kier molecular flexibility index (Phi) is 2.64. The van der Waals surface area contributed by atoms with E-state index in [2.05, 4.69) is 67.4 Å². The third-order valence-electron chi connectivity index (χ3n) is 4.10. The van der Waals surface area contributed by atoms with E-state index in [-0.39, 0.29) is 0 Å². The molecule has 0 amide bonds. The summed E-state index contributed by atoms with van der Waals surface area (Å²) >= 11 is 0. The SMILES string of the molecule is CC/C=C\c1oc2cc3[nH]c4ccccc4c3cc2c1C. The first kappa shape index (κ1) is 12.3. The van der Waals surface area contributed by atoms with E-state index < -0.39 is 0 Å². The highest BCUT2D eigenvalue weighted by Crippen LogP contribution is 2.33. The summed E-state index contributed by atoms with van der Waals surface area (Å²) in [6.45, 7) is 4.26. The minimum Gasteiger partial charge on any atom is -0.456 e. The normalized spacial score (nSPS) is 12.3. The maximum Gasteiger partial charge on any atom is 0.137 e. The van der Waals surface area contributed by atoms with Crippen molar-refractivity contribution < 1.29 is 4.42 Å². The standard InChI is InChI=1S/C19H17NO/c1-3-4-9-18-12(2)14-10-15-13-7-5-6-8-16(13)20-17(15)11-19(14)21-18/h4-11,20H,3H2,1-2H3/b9-4-. The number of rotatable bonds is 2. The highest BCUT2D eigenvalue weighted by Gasteiger charge is 2.12. The number of nitrogens with one attached hydrogen (secondary N) is 1. The number of furan rings is 1. The van der Waals surface area contributed by atoms with Gasteiger partial charge in [0.25, 0.3) is 0 Å². The molecule has 2 heterocycles. The molecule has 21 heavy (non-hydrogen) atoms. The van der Waals surface area contributed by atoms with Gasteiger partial charge in [0.1, 0.15) is 11.3 Å². The number of aromatic amines is 1. The van der Waals surface area contributed by atoms with Gasteiger partial charge in [-0.1, -0.05) is 31.2 Å². The van der Waals surface area contributed by atoms with Crippen LogP contribution in [0.2, 0.25) is 0 Å². The largest absolute Gasteiger partial charge is 0.456 e. The first-order valence-corrected chi connectivity index (χ1v) is 7.38. The molecule has 0 aliphatic rings. The highest BCUT2D eigenvalue weighted by molar-refractivity contribution is 6.11. The van der Waals surface area contributed by atoms with E-state index in [4.69, 9.17) is 4.42 Å². The molecule has 104 valence electrons. The molecule has 0 saturated heterocycles. The molecule has 2 nitrogen and oxygen atoms in total. The van der Waals surface area contributed by atoms with Crippen molar-refractivity contribution in [1.82, 2.24) is 4.98 Å². The van der Waals surface area contributed by atoms with Gasteiger partial charge in [0, 0.05) is 33.3 Å². The first-order valence-electron chi connectivity index (χ1n) is 7.38. The van der Waals surface area contributed by atoms with E-state index in [1.807, 2.05) is 0 Å². The van der Waals surface area contributed by atoms with Crippen molar-refractivity contribution in [3.8, 4) is 0 Å². The molecule has 1 N–H and O–H groups in total. The van der Waals surface area contributed by atoms with Crippen molar-refractivity contribution in [1.29, 1.82) is 0 Å². The average molecular weight is 275 g/mol. The van der Waals surface area contributed by atoms with Crippen molar-refractivity contribution in [3.63, 3.8) is 0 Å². The average Bonchev–Trinajstić information content (AvgIpc) is 3.01. The van der Waals surface area contributed by atoms with Crippen LogP contribution in [0.4, 0.5) is 0 Å². The predicted molar refractivity (Wildman–Crippen MR) is 89.6 cm³/mol. The number of aryl methyl sites for hydroxylation is 1. The van der Waals surface area contributed by atoms with Crippen LogP contribution in [0, 0.1) is 6.92 Å². The molecule has 2 heteroatoms. The topological polar surface area (TPSA) is 28.9 Å². The third-order valence-corrected chi connectivity index (χ3v) is 4.10. The first-order chi connectivity index (χ1) is 10.3. The van der Waals surface area contributed by atoms with Gasteiger partial charge in [-0.05, 0) is 31.6 Å². The van der Waals surface area contributed by atoms with Gasteiger partial charge in [-0.3, -0.25) is 0 Å². The van der Waals surface area contributed by atoms with Crippen LogP contribution >= 0.6 is 0 Å². The quantitative estimate of drug-likeness (QED) is 0.492. The van der Waals surface area contributed by atoms with Crippen LogP contribution in [0.1, 0.15) is 24.7 Å². The van der Waals surface area contributed by atoms with E-state index in [1.54, 1.807) is 0 Å². The number of H-pyrrole nitrogens is 1. The van der Waals surface area contributed by atoms with Crippen LogP contribution in [-0.4, -0.2) is 4.98 Å². The molecule has 2 aromatic carbocycles. The number of para-hydroxylation sites is 1. The molecule has 0 unspecified atom stereocenters. The minimum absolute atomic E-state index is 0.947.